The van der Waals surface area contributed by atoms with E-state index in [1.54, 1.807) is 12.2 Å². The van der Waals surface area contributed by atoms with Crippen molar-refractivity contribution in [2.24, 2.45) is 10.7 Å². The van der Waals surface area contributed by atoms with Crippen LogP contribution in [0.3, 0.4) is 0 Å². The minimum absolute atomic E-state index is 0.341. The molecule has 0 fully saturated rings. The van der Waals surface area contributed by atoms with E-state index in [0.29, 0.717) is 22.8 Å². The molecule has 0 radical (unpaired) electrons. The summed E-state index contributed by atoms with van der Waals surface area (Å²) in [5.74, 6) is 0. The van der Waals surface area contributed by atoms with Crippen LogP contribution in [0.5, 0.6) is 0 Å². The molecule has 1 aliphatic rings. The van der Waals surface area contributed by atoms with Gasteiger partial charge in [-0.25, -0.2) is 4.99 Å². The molecule has 1 aliphatic carbocycles. The molecule has 0 aromatic heterocycles. The van der Waals surface area contributed by atoms with Gasteiger partial charge in [-0.1, -0.05) is 36.4 Å². The van der Waals surface area contributed by atoms with Crippen LogP contribution in [0.1, 0.15) is 0 Å². The highest BCUT2D eigenvalue weighted by atomic mass is 14.9. The molecule has 2 aromatic carbocycles. The molecular weight excluding hydrogens is 272 g/mol. The van der Waals surface area contributed by atoms with E-state index in [1.807, 2.05) is 60.7 Å². The van der Waals surface area contributed by atoms with E-state index >= 15 is 0 Å². The molecule has 2 aromatic rings. The third-order valence-corrected chi connectivity index (χ3v) is 3.23. The molecule has 4 heteroatoms. The van der Waals surface area contributed by atoms with Gasteiger partial charge in [-0.3, -0.25) is 5.41 Å². The van der Waals surface area contributed by atoms with Gasteiger partial charge in [-0.15, -0.1) is 0 Å². The van der Waals surface area contributed by atoms with Gasteiger partial charge in [0.15, 0.2) is 0 Å². The summed E-state index contributed by atoms with van der Waals surface area (Å²) in [4.78, 5) is 4.54. The Morgan fingerprint density at radius 2 is 1.50 bits per heavy atom. The molecule has 0 amide bonds. The molecule has 4 N–H and O–H groups in total. The second-order valence-electron chi connectivity index (χ2n) is 4.89. The van der Waals surface area contributed by atoms with Crippen molar-refractivity contribution in [1.82, 2.24) is 0 Å². The van der Waals surface area contributed by atoms with Gasteiger partial charge in [-0.2, -0.15) is 0 Å². The Hall–Kier alpha value is -3.14. The minimum Gasteiger partial charge on any atom is -0.397 e. The number of para-hydroxylation sites is 2. The molecule has 4 nitrogen and oxygen atoms in total. The van der Waals surface area contributed by atoms with E-state index in [2.05, 4.69) is 10.3 Å². The maximum Gasteiger partial charge on any atom is 0.0888 e. The smallest absolute Gasteiger partial charge is 0.0888 e. The highest BCUT2D eigenvalue weighted by molar-refractivity contribution is 6.23. The summed E-state index contributed by atoms with van der Waals surface area (Å²) in [6.07, 6.45) is 3.42. The number of hydrogen-bond acceptors (Lipinski definition) is 4. The van der Waals surface area contributed by atoms with E-state index in [-0.39, 0.29) is 0 Å². The highest BCUT2D eigenvalue weighted by Crippen LogP contribution is 2.18. The van der Waals surface area contributed by atoms with Crippen LogP contribution in [0.4, 0.5) is 11.4 Å². The first-order chi connectivity index (χ1) is 10.7. The minimum atomic E-state index is 0.341. The summed E-state index contributed by atoms with van der Waals surface area (Å²) in [5.41, 5.74) is 9.91. The predicted molar refractivity (Wildman–Crippen MR) is 91.7 cm³/mol. The summed E-state index contributed by atoms with van der Waals surface area (Å²) in [6, 6.07) is 19.4. The van der Waals surface area contributed by atoms with Crippen LogP contribution in [-0.4, -0.2) is 11.4 Å². The normalized spacial score (nSPS) is 16.2. The fourth-order valence-corrected chi connectivity index (χ4v) is 2.12. The van der Waals surface area contributed by atoms with E-state index in [9.17, 15) is 0 Å². The highest BCUT2D eigenvalue weighted by Gasteiger charge is 2.14. The second-order valence-corrected chi connectivity index (χ2v) is 4.89. The average molecular weight is 288 g/mol. The van der Waals surface area contributed by atoms with Crippen molar-refractivity contribution < 1.29 is 0 Å². The van der Waals surface area contributed by atoms with Crippen molar-refractivity contribution in [3.63, 3.8) is 0 Å². The fourth-order valence-electron chi connectivity index (χ4n) is 2.12. The first-order valence-electron chi connectivity index (χ1n) is 6.96. The van der Waals surface area contributed by atoms with Gasteiger partial charge < -0.3 is 11.1 Å². The number of aliphatic imine (C=N–C) groups is 1. The number of nitrogens with zero attached hydrogens (tertiary/aromatic N) is 1. The zero-order valence-corrected chi connectivity index (χ0v) is 12.0. The van der Waals surface area contributed by atoms with Gasteiger partial charge in [0.25, 0.3) is 0 Å². The van der Waals surface area contributed by atoms with Crippen molar-refractivity contribution in [3.05, 3.63) is 84.2 Å². The zero-order chi connectivity index (χ0) is 15.4. The van der Waals surface area contributed by atoms with Gasteiger partial charge in [0, 0.05) is 5.69 Å². The zero-order valence-electron chi connectivity index (χ0n) is 12.0. The molecule has 22 heavy (non-hydrogen) atoms. The largest absolute Gasteiger partial charge is 0.397 e. The molecule has 0 unspecified atom stereocenters. The molecule has 0 atom stereocenters. The Morgan fingerprint density at radius 3 is 2.18 bits per heavy atom. The van der Waals surface area contributed by atoms with Crippen LogP contribution in [0.25, 0.3) is 0 Å². The van der Waals surface area contributed by atoms with E-state index in [1.165, 1.54) is 0 Å². The third kappa shape index (κ3) is 3.12. The maximum atomic E-state index is 8.05. The monoisotopic (exact) mass is 288 g/mol. The summed E-state index contributed by atoms with van der Waals surface area (Å²) >= 11 is 0. The van der Waals surface area contributed by atoms with Crippen LogP contribution < -0.4 is 11.1 Å². The molecule has 0 aliphatic heterocycles. The van der Waals surface area contributed by atoms with Crippen LogP contribution >= 0.6 is 0 Å². The van der Waals surface area contributed by atoms with Crippen molar-refractivity contribution in [3.8, 4) is 0 Å². The quantitative estimate of drug-likeness (QED) is 0.754. The molecule has 0 saturated carbocycles. The van der Waals surface area contributed by atoms with Crippen molar-refractivity contribution in [2.75, 3.05) is 5.32 Å². The molecule has 0 saturated heterocycles. The number of nitrogens with one attached hydrogen (secondary N) is 2. The Kier molecular flexibility index (Phi) is 3.83. The molecule has 0 spiro atoms. The second kappa shape index (κ2) is 6.10. The lowest BCUT2D eigenvalue weighted by atomic mass is 10.0. The van der Waals surface area contributed by atoms with Gasteiger partial charge in [0.1, 0.15) is 0 Å². The summed E-state index contributed by atoms with van der Waals surface area (Å²) in [5, 5.41) is 11.3. The SMILES string of the molecule is N=C1C=C(N)/C(=N\c2ccccc2)C=C1Nc1ccccc1. The lowest BCUT2D eigenvalue weighted by molar-refractivity contribution is 1.37. The van der Waals surface area contributed by atoms with Crippen LogP contribution in [0, 0.1) is 5.41 Å². The molecule has 108 valence electrons. The first-order valence-corrected chi connectivity index (χ1v) is 6.96. The van der Waals surface area contributed by atoms with Crippen LogP contribution in [-0.2, 0) is 0 Å². The fraction of sp³-hybridized carbons (Fsp3) is 0. The molecule has 0 bridgehead atoms. The van der Waals surface area contributed by atoms with E-state index in [4.69, 9.17) is 11.1 Å². The number of benzene rings is 2. The van der Waals surface area contributed by atoms with Gasteiger partial charge >= 0.3 is 0 Å². The first kappa shape index (κ1) is 13.8. The topological polar surface area (TPSA) is 74.3 Å². The third-order valence-electron chi connectivity index (χ3n) is 3.23. The number of hydrogen-bond donors (Lipinski definition) is 3. The number of nitrogens with two attached hydrogens (primary N) is 1. The van der Waals surface area contributed by atoms with Gasteiger partial charge in [0.2, 0.25) is 0 Å². The Bertz CT molecular complexity index is 771. The average Bonchev–Trinajstić information content (AvgIpc) is 2.54. The lowest BCUT2D eigenvalue weighted by Gasteiger charge is -2.16. The summed E-state index contributed by atoms with van der Waals surface area (Å²) in [6.45, 7) is 0. The van der Waals surface area contributed by atoms with E-state index < -0.39 is 0 Å². The standard InChI is InChI=1S/C18H16N4/c19-15-11-16(20)18(22-14-9-5-2-6-10-14)12-17(15)21-13-7-3-1-4-8-13/h1-12,19,21H,20H2/b19-15?,22-18-. The summed E-state index contributed by atoms with van der Waals surface area (Å²) < 4.78 is 0. The molecule has 0 heterocycles. The number of allylic oxidation sites excluding steroid dienone is 2. The maximum absolute atomic E-state index is 8.05. The Balaban J connectivity index is 1.92. The van der Waals surface area contributed by atoms with Gasteiger partial charge in [0.05, 0.1) is 28.5 Å². The predicted octanol–water partition coefficient (Wildman–Crippen LogP) is 3.63. The lowest BCUT2D eigenvalue weighted by Crippen LogP contribution is -2.21. The van der Waals surface area contributed by atoms with Crippen molar-refractivity contribution in [2.45, 2.75) is 0 Å². The van der Waals surface area contributed by atoms with E-state index in [0.717, 1.165) is 11.4 Å². The van der Waals surface area contributed by atoms with Crippen molar-refractivity contribution in [1.29, 1.82) is 5.41 Å². The molecule has 3 rings (SSSR count). The van der Waals surface area contributed by atoms with Crippen molar-refractivity contribution >= 4 is 22.8 Å². The Labute approximate surface area is 129 Å². The Morgan fingerprint density at radius 1 is 0.864 bits per heavy atom. The number of anilines is 1. The number of rotatable bonds is 3. The molecular formula is C18H16N4. The van der Waals surface area contributed by atoms with Gasteiger partial charge in [-0.05, 0) is 36.4 Å². The van der Waals surface area contributed by atoms with Crippen LogP contribution in [0.2, 0.25) is 0 Å². The van der Waals surface area contributed by atoms with Crippen LogP contribution in [0.15, 0.2) is 89.2 Å². The summed E-state index contributed by atoms with van der Waals surface area (Å²) in [7, 11) is 0.